The highest BCUT2D eigenvalue weighted by Crippen LogP contribution is 2.36. The molecule has 1 aliphatic carbocycles. The molecule has 0 bridgehead atoms. The fourth-order valence-electron chi connectivity index (χ4n) is 6.52. The van der Waals surface area contributed by atoms with Crippen molar-refractivity contribution < 1.29 is 48.5 Å². The molecule has 0 radical (unpaired) electrons. The number of hydrogen-bond donors (Lipinski definition) is 7. The first kappa shape index (κ1) is 44.7. The van der Waals surface area contributed by atoms with E-state index in [9.17, 15) is 38.7 Å². The van der Waals surface area contributed by atoms with Gasteiger partial charge >= 0.3 is 5.97 Å². The van der Waals surface area contributed by atoms with E-state index in [1.807, 2.05) is 18.2 Å². The van der Waals surface area contributed by atoms with Crippen LogP contribution in [-0.2, 0) is 44.7 Å². The van der Waals surface area contributed by atoms with Crippen LogP contribution in [0.5, 0.6) is 0 Å². The van der Waals surface area contributed by atoms with Crippen LogP contribution in [0.4, 0.5) is 0 Å². The van der Waals surface area contributed by atoms with Crippen molar-refractivity contribution in [3.63, 3.8) is 0 Å². The Balaban J connectivity index is 2.33. The number of imide groups is 1. The summed E-state index contributed by atoms with van der Waals surface area (Å²) in [5.41, 5.74) is 6.29. The van der Waals surface area contributed by atoms with Crippen LogP contribution in [0.15, 0.2) is 30.3 Å². The monoisotopic (exact) mass is 746 g/mol. The summed E-state index contributed by atoms with van der Waals surface area (Å²) in [5.74, 6) is -6.84. The Bertz CT molecular complexity index is 1440. The van der Waals surface area contributed by atoms with E-state index in [0.717, 1.165) is 12.5 Å². The molecule has 0 heterocycles. The van der Waals surface area contributed by atoms with Crippen molar-refractivity contribution in [1.82, 2.24) is 26.2 Å². The molecule has 1 aromatic carbocycles. The predicted molar refractivity (Wildman–Crippen MR) is 194 cm³/mol. The van der Waals surface area contributed by atoms with Crippen molar-refractivity contribution in [3.05, 3.63) is 35.9 Å². The van der Waals surface area contributed by atoms with Crippen LogP contribution in [0.1, 0.15) is 73.3 Å². The summed E-state index contributed by atoms with van der Waals surface area (Å²) >= 11 is 0. The number of rotatable bonds is 18. The maximum Gasteiger partial charge on any atom is 0.328 e. The summed E-state index contributed by atoms with van der Waals surface area (Å²) in [6, 6.07) is 2.21. The maximum absolute atomic E-state index is 13.8. The molecular weight excluding hydrogens is 688 g/mol. The van der Waals surface area contributed by atoms with Crippen LogP contribution < -0.4 is 27.0 Å². The van der Waals surface area contributed by atoms with Crippen LogP contribution in [-0.4, -0.2) is 113 Å². The topological polar surface area (TPSA) is 247 Å². The molecule has 4 unspecified atom stereocenters. The number of carbonyl (C=O) groups excluding carboxylic acids is 7. The zero-order valence-electron chi connectivity index (χ0n) is 32.0. The minimum Gasteiger partial charge on any atom is -0.467 e. The molecule has 1 saturated carbocycles. The van der Waals surface area contributed by atoms with Crippen molar-refractivity contribution >= 4 is 41.4 Å². The molecule has 1 aromatic rings. The number of nitrogens with one attached hydrogen (secondary N) is 4. The minimum absolute atomic E-state index is 0.145. The van der Waals surface area contributed by atoms with Gasteiger partial charge in [0.05, 0.1) is 25.9 Å². The van der Waals surface area contributed by atoms with Gasteiger partial charge in [0, 0.05) is 12.8 Å². The van der Waals surface area contributed by atoms with Crippen molar-refractivity contribution in [2.75, 3.05) is 13.7 Å². The van der Waals surface area contributed by atoms with Gasteiger partial charge in [0.25, 0.3) is 5.91 Å². The van der Waals surface area contributed by atoms with Gasteiger partial charge in [-0.05, 0) is 56.4 Å². The number of ether oxygens (including phenoxy) is 1. The van der Waals surface area contributed by atoms with Crippen molar-refractivity contribution in [3.8, 4) is 0 Å². The average Bonchev–Trinajstić information content (AvgIpc) is 3.61. The number of amides is 6. The van der Waals surface area contributed by atoms with Crippen molar-refractivity contribution in [2.24, 2.45) is 29.4 Å². The number of hydrogen-bond acceptors (Lipinski definition) is 11. The van der Waals surface area contributed by atoms with E-state index in [4.69, 9.17) is 15.6 Å². The van der Waals surface area contributed by atoms with Crippen LogP contribution in [0.25, 0.3) is 0 Å². The van der Waals surface area contributed by atoms with Gasteiger partial charge in [-0.2, -0.15) is 0 Å². The standard InChI is InChI=1S/C37H58N6O10/c1-19(2)29(35(50)42-30(20(3)4)37(52)53-8)41-33(48)26-16-12-15-25(26)31(46)28(17-24-13-10-9-11-14-24)40-32(47)22(6)43(23(7)45)36(51)21(5)39-34(49)27(38)18-44/h9-11,13-14,19-22,25-31,44,46H,12,15-18,38H2,1-8H3,(H,39,49)(H,40,47)(H,41,48)(H,42,50)/t21-,22-,25?,26?,27-,28-,29+,30?,31?/m0/s1. The summed E-state index contributed by atoms with van der Waals surface area (Å²) < 4.78 is 4.84. The number of esters is 1. The third-order valence-corrected chi connectivity index (χ3v) is 9.66. The van der Waals surface area contributed by atoms with Crippen LogP contribution in [0.3, 0.4) is 0 Å². The largest absolute Gasteiger partial charge is 0.467 e. The zero-order chi connectivity index (χ0) is 40.2. The average molecular weight is 747 g/mol. The summed E-state index contributed by atoms with van der Waals surface area (Å²) in [7, 11) is 1.23. The number of nitrogens with two attached hydrogens (primary N) is 1. The van der Waals surface area contributed by atoms with E-state index in [1.165, 1.54) is 21.0 Å². The summed E-state index contributed by atoms with van der Waals surface area (Å²) in [5, 5.41) is 31.7. The molecule has 1 aliphatic rings. The Morgan fingerprint density at radius 2 is 1.45 bits per heavy atom. The third-order valence-electron chi connectivity index (χ3n) is 9.66. The molecule has 0 aliphatic heterocycles. The smallest absolute Gasteiger partial charge is 0.328 e. The quantitative estimate of drug-likeness (QED) is 0.0947. The summed E-state index contributed by atoms with van der Waals surface area (Å²) in [6.45, 7) is 10.1. The van der Waals surface area contributed by atoms with Gasteiger partial charge in [-0.15, -0.1) is 0 Å². The molecule has 9 atom stereocenters. The van der Waals surface area contributed by atoms with E-state index in [2.05, 4.69) is 21.3 Å². The summed E-state index contributed by atoms with van der Waals surface area (Å²) in [6.07, 6.45) is 0.327. The van der Waals surface area contributed by atoms with Gasteiger partial charge in [-0.3, -0.25) is 33.7 Å². The van der Waals surface area contributed by atoms with Crippen LogP contribution >= 0.6 is 0 Å². The lowest BCUT2D eigenvalue weighted by atomic mass is 9.84. The minimum atomic E-state index is -1.37. The van der Waals surface area contributed by atoms with Gasteiger partial charge in [-0.1, -0.05) is 64.4 Å². The predicted octanol–water partition coefficient (Wildman–Crippen LogP) is -0.466. The highest BCUT2D eigenvalue weighted by atomic mass is 16.5. The molecule has 6 amide bonds. The van der Waals surface area contributed by atoms with E-state index in [1.54, 1.807) is 39.8 Å². The molecule has 0 saturated heterocycles. The number of aliphatic hydroxyl groups is 2. The van der Waals surface area contributed by atoms with Crippen molar-refractivity contribution in [2.45, 2.75) is 117 Å². The first-order valence-corrected chi connectivity index (χ1v) is 18.1. The fraction of sp³-hybridized carbons (Fsp3) is 0.649. The Morgan fingerprint density at radius 3 is 1.98 bits per heavy atom. The van der Waals surface area contributed by atoms with Crippen LogP contribution in [0.2, 0.25) is 0 Å². The molecule has 0 aromatic heterocycles. The first-order chi connectivity index (χ1) is 24.9. The van der Waals surface area contributed by atoms with Crippen molar-refractivity contribution in [1.29, 1.82) is 0 Å². The molecule has 16 heteroatoms. The molecule has 296 valence electrons. The third kappa shape index (κ3) is 12.3. The molecule has 16 nitrogen and oxygen atoms in total. The summed E-state index contributed by atoms with van der Waals surface area (Å²) in [4.78, 5) is 92.1. The second kappa shape index (κ2) is 20.7. The second-order valence-electron chi connectivity index (χ2n) is 14.4. The fourth-order valence-corrected chi connectivity index (χ4v) is 6.52. The lowest BCUT2D eigenvalue weighted by molar-refractivity contribution is -0.152. The SMILES string of the molecule is COC(=O)C(NC(=O)[C@H](NC(=O)C1CCCC1C(O)[C@H](Cc1ccccc1)NC(=O)[C@H](C)N(C(C)=O)C(=O)[C@H](C)NC(=O)[C@@H](N)CO)C(C)C)C(C)C. The Morgan fingerprint density at radius 1 is 0.849 bits per heavy atom. The molecule has 8 N–H and O–H groups in total. The number of aliphatic hydroxyl groups excluding tert-OH is 2. The van der Waals surface area contributed by atoms with Gasteiger partial charge < -0.3 is 42.0 Å². The lowest BCUT2D eigenvalue weighted by Crippen LogP contribution is -2.59. The number of carbonyl (C=O) groups is 7. The second-order valence-corrected chi connectivity index (χ2v) is 14.4. The van der Waals surface area contributed by atoms with E-state index in [0.29, 0.717) is 24.2 Å². The molecule has 0 spiro atoms. The number of methoxy groups -OCH3 is 1. The number of nitrogens with zero attached hydrogens (tertiary/aromatic N) is 1. The Labute approximate surface area is 311 Å². The molecule has 2 rings (SSSR count). The maximum atomic E-state index is 13.8. The first-order valence-electron chi connectivity index (χ1n) is 18.1. The lowest BCUT2D eigenvalue weighted by Gasteiger charge is -2.34. The van der Waals surface area contributed by atoms with Gasteiger partial charge in [0.15, 0.2) is 0 Å². The molecule has 1 fully saturated rings. The highest BCUT2D eigenvalue weighted by Gasteiger charge is 2.43. The highest BCUT2D eigenvalue weighted by molar-refractivity contribution is 6.02. The molecular formula is C37H58N6O10. The van der Waals surface area contributed by atoms with Gasteiger partial charge in [-0.25, -0.2) is 4.79 Å². The van der Waals surface area contributed by atoms with Crippen LogP contribution in [0, 0.1) is 23.7 Å². The van der Waals surface area contributed by atoms with E-state index < -0.39 is 102 Å². The Hall–Kier alpha value is -4.41. The van der Waals surface area contributed by atoms with E-state index >= 15 is 0 Å². The van der Waals surface area contributed by atoms with Gasteiger partial charge in [0.2, 0.25) is 29.5 Å². The Kier molecular flexibility index (Phi) is 17.5. The van der Waals surface area contributed by atoms with Gasteiger partial charge in [0.1, 0.15) is 30.2 Å². The normalized spacial score (nSPS) is 19.5. The molecule has 53 heavy (non-hydrogen) atoms. The zero-order valence-corrected chi connectivity index (χ0v) is 32.0. The number of benzene rings is 1. The van der Waals surface area contributed by atoms with E-state index in [-0.39, 0.29) is 18.3 Å².